The number of aromatic amines is 1. The molecular formula is C16H16FN5O2S2. The third kappa shape index (κ3) is 4.14. The van der Waals surface area contributed by atoms with Gasteiger partial charge < -0.3 is 20.4 Å². The van der Waals surface area contributed by atoms with Gasteiger partial charge in [0.15, 0.2) is 0 Å². The largest absolute Gasteiger partial charge is 0.442 e. The molecule has 136 valence electrons. The standard InChI is InChI=1S/C16H16FN5O2S2/c1-9(25)20-7-11-8-22(16(23)24-11)10-2-3-12(13(17)6-10)14(26)21-15-18-4-5-19-15/h2-6,11H,7-8H2,1H3,(H,20,25)(H2,18,19,21,26)/t11-/m0/s1. The summed E-state index contributed by atoms with van der Waals surface area (Å²) in [6.07, 6.45) is 2.30. The number of cyclic esters (lactones) is 1. The molecule has 1 saturated heterocycles. The highest BCUT2D eigenvalue weighted by atomic mass is 32.1. The lowest BCUT2D eigenvalue weighted by atomic mass is 10.1. The van der Waals surface area contributed by atoms with Crippen LogP contribution in [-0.4, -0.2) is 45.2 Å². The van der Waals surface area contributed by atoms with Crippen LogP contribution in [0, 0.1) is 5.82 Å². The lowest BCUT2D eigenvalue weighted by molar-refractivity contribution is 0.143. The number of nitrogens with zero attached hydrogens (tertiary/aromatic N) is 2. The molecule has 0 aliphatic carbocycles. The first-order chi connectivity index (χ1) is 12.4. The number of rotatable bonds is 5. The Hall–Kier alpha value is -2.59. The summed E-state index contributed by atoms with van der Waals surface area (Å²) in [7, 11) is 0. The smallest absolute Gasteiger partial charge is 0.414 e. The molecule has 1 aliphatic heterocycles. The molecule has 0 radical (unpaired) electrons. The molecule has 0 spiro atoms. The minimum Gasteiger partial charge on any atom is -0.442 e. The van der Waals surface area contributed by atoms with Crippen molar-refractivity contribution in [1.29, 1.82) is 0 Å². The quantitative estimate of drug-likeness (QED) is 0.674. The molecule has 1 aromatic heterocycles. The molecule has 0 unspecified atom stereocenters. The van der Waals surface area contributed by atoms with Gasteiger partial charge in [-0.1, -0.05) is 24.4 Å². The van der Waals surface area contributed by atoms with Crippen molar-refractivity contribution in [2.24, 2.45) is 0 Å². The molecule has 1 amide bonds. The van der Waals surface area contributed by atoms with Gasteiger partial charge in [0.1, 0.15) is 16.9 Å². The summed E-state index contributed by atoms with van der Waals surface area (Å²) in [6, 6.07) is 4.39. The normalized spacial score (nSPS) is 16.3. The van der Waals surface area contributed by atoms with Gasteiger partial charge in [0.25, 0.3) is 0 Å². The van der Waals surface area contributed by atoms with Crippen molar-refractivity contribution < 1.29 is 13.9 Å². The number of anilines is 2. The number of H-pyrrole nitrogens is 1. The van der Waals surface area contributed by atoms with Crippen LogP contribution in [0.2, 0.25) is 0 Å². The van der Waals surface area contributed by atoms with Gasteiger partial charge in [-0.05, 0) is 25.1 Å². The lowest BCUT2D eigenvalue weighted by Gasteiger charge is -2.15. The number of amides is 1. The second-order valence-corrected chi connectivity index (χ2v) is 6.63. The van der Waals surface area contributed by atoms with E-state index in [1.807, 2.05) is 0 Å². The molecule has 26 heavy (non-hydrogen) atoms. The molecular weight excluding hydrogens is 377 g/mol. The van der Waals surface area contributed by atoms with Crippen molar-refractivity contribution in [3.05, 3.63) is 42.0 Å². The van der Waals surface area contributed by atoms with Crippen LogP contribution in [0.15, 0.2) is 30.6 Å². The molecule has 2 heterocycles. The topological polar surface area (TPSA) is 82.3 Å². The Kier molecular flexibility index (Phi) is 5.43. The molecule has 1 aliphatic rings. The average Bonchev–Trinajstić information content (AvgIpc) is 3.22. The Morgan fingerprint density at radius 2 is 2.31 bits per heavy atom. The minimum atomic E-state index is -0.546. The number of hydrogen-bond donors (Lipinski definition) is 3. The zero-order valence-electron chi connectivity index (χ0n) is 13.8. The first-order valence-corrected chi connectivity index (χ1v) is 8.58. The molecule has 7 nitrogen and oxygen atoms in total. The van der Waals surface area contributed by atoms with Gasteiger partial charge in [0.2, 0.25) is 5.95 Å². The van der Waals surface area contributed by atoms with E-state index in [2.05, 4.69) is 20.6 Å². The number of carbonyl (C=O) groups is 1. The predicted molar refractivity (Wildman–Crippen MR) is 104 cm³/mol. The van der Waals surface area contributed by atoms with Crippen LogP contribution in [0.25, 0.3) is 0 Å². The van der Waals surface area contributed by atoms with Crippen LogP contribution in [-0.2, 0) is 4.74 Å². The second-order valence-electron chi connectivity index (χ2n) is 5.61. The van der Waals surface area contributed by atoms with Crippen molar-refractivity contribution in [3.63, 3.8) is 0 Å². The number of ether oxygens (including phenoxy) is 1. The second kappa shape index (κ2) is 7.75. The Morgan fingerprint density at radius 1 is 1.50 bits per heavy atom. The van der Waals surface area contributed by atoms with Crippen LogP contribution in [0.3, 0.4) is 0 Å². The number of imidazole rings is 1. The molecule has 1 atom stereocenters. The Morgan fingerprint density at radius 3 is 2.96 bits per heavy atom. The fraction of sp³-hybridized carbons (Fsp3) is 0.250. The van der Waals surface area contributed by atoms with Gasteiger partial charge in [-0.25, -0.2) is 14.2 Å². The number of thiocarbonyl (C=S) groups is 2. The number of hydrogen-bond acceptors (Lipinski definition) is 5. The van der Waals surface area contributed by atoms with Crippen molar-refractivity contribution in [3.8, 4) is 0 Å². The van der Waals surface area contributed by atoms with Crippen LogP contribution in [0.5, 0.6) is 0 Å². The number of carbonyl (C=O) groups excluding carboxylic acids is 1. The summed E-state index contributed by atoms with van der Waals surface area (Å²) in [5.41, 5.74) is 0.612. The summed E-state index contributed by atoms with van der Waals surface area (Å²) < 4.78 is 19.8. The Balaban J connectivity index is 1.70. The van der Waals surface area contributed by atoms with Crippen LogP contribution < -0.4 is 15.5 Å². The monoisotopic (exact) mass is 393 g/mol. The molecule has 3 rings (SSSR count). The number of benzene rings is 1. The summed E-state index contributed by atoms with van der Waals surface area (Å²) in [4.78, 5) is 21.0. The predicted octanol–water partition coefficient (Wildman–Crippen LogP) is 2.60. The van der Waals surface area contributed by atoms with Gasteiger partial charge in [0.05, 0.1) is 23.8 Å². The highest BCUT2D eigenvalue weighted by Gasteiger charge is 2.32. The fourth-order valence-electron chi connectivity index (χ4n) is 2.46. The van der Waals surface area contributed by atoms with E-state index in [-0.39, 0.29) is 16.7 Å². The van der Waals surface area contributed by atoms with Crippen molar-refractivity contribution >= 4 is 52.1 Å². The number of nitrogens with one attached hydrogen (secondary N) is 3. The highest BCUT2D eigenvalue weighted by molar-refractivity contribution is 7.81. The Bertz CT molecular complexity index is 843. The third-order valence-corrected chi connectivity index (χ3v) is 4.16. The maximum absolute atomic E-state index is 14.5. The maximum atomic E-state index is 14.5. The van der Waals surface area contributed by atoms with Gasteiger partial charge >= 0.3 is 6.09 Å². The minimum absolute atomic E-state index is 0.187. The fourth-order valence-corrected chi connectivity index (χ4v) is 2.81. The van der Waals surface area contributed by atoms with E-state index in [0.29, 0.717) is 29.7 Å². The van der Waals surface area contributed by atoms with Crippen LogP contribution >= 0.6 is 24.4 Å². The molecule has 1 aromatic carbocycles. The summed E-state index contributed by atoms with van der Waals surface area (Å²) >= 11 is 10.1. The van der Waals surface area contributed by atoms with E-state index in [0.717, 1.165) is 0 Å². The van der Waals surface area contributed by atoms with Crippen molar-refractivity contribution in [2.75, 3.05) is 23.3 Å². The van der Waals surface area contributed by atoms with E-state index in [4.69, 9.17) is 29.2 Å². The molecule has 1 fully saturated rings. The molecule has 2 aromatic rings. The number of halogens is 1. The average molecular weight is 393 g/mol. The van der Waals surface area contributed by atoms with E-state index in [1.54, 1.807) is 25.4 Å². The van der Waals surface area contributed by atoms with Gasteiger partial charge in [0, 0.05) is 18.0 Å². The van der Waals surface area contributed by atoms with Crippen LogP contribution in [0.4, 0.5) is 20.8 Å². The maximum Gasteiger partial charge on any atom is 0.414 e. The summed E-state index contributed by atoms with van der Waals surface area (Å²) in [5, 5.41) is 5.77. The summed E-state index contributed by atoms with van der Waals surface area (Å²) in [5.74, 6) is -0.124. The van der Waals surface area contributed by atoms with Crippen molar-refractivity contribution in [2.45, 2.75) is 13.0 Å². The first kappa shape index (κ1) is 18.2. The molecule has 10 heteroatoms. The SMILES string of the molecule is CC(=S)NC[C@H]1CN(c2ccc(C(=S)Nc3ncc[nH]3)c(F)c2)C(=O)O1. The van der Waals surface area contributed by atoms with E-state index >= 15 is 0 Å². The van der Waals surface area contributed by atoms with Crippen LogP contribution in [0.1, 0.15) is 12.5 Å². The van der Waals surface area contributed by atoms with Crippen molar-refractivity contribution in [1.82, 2.24) is 15.3 Å². The molecule has 0 bridgehead atoms. The number of aromatic nitrogens is 2. The Labute approximate surface area is 159 Å². The third-order valence-electron chi connectivity index (χ3n) is 3.69. The van der Waals surface area contributed by atoms with Gasteiger partial charge in [-0.3, -0.25) is 4.90 Å². The van der Waals surface area contributed by atoms with Gasteiger partial charge in [-0.15, -0.1) is 0 Å². The zero-order valence-corrected chi connectivity index (χ0v) is 15.4. The molecule has 0 saturated carbocycles. The highest BCUT2D eigenvalue weighted by Crippen LogP contribution is 2.24. The van der Waals surface area contributed by atoms with E-state index in [1.165, 1.54) is 17.0 Å². The van der Waals surface area contributed by atoms with Gasteiger partial charge in [-0.2, -0.15) is 0 Å². The molecule has 3 N–H and O–H groups in total. The van der Waals surface area contributed by atoms with E-state index < -0.39 is 11.9 Å². The first-order valence-electron chi connectivity index (χ1n) is 7.77. The zero-order chi connectivity index (χ0) is 18.7. The lowest BCUT2D eigenvalue weighted by Crippen LogP contribution is -2.32. The summed E-state index contributed by atoms with van der Waals surface area (Å²) in [6.45, 7) is 2.47. The van der Waals surface area contributed by atoms with E-state index in [9.17, 15) is 9.18 Å².